The summed E-state index contributed by atoms with van der Waals surface area (Å²) in [6, 6.07) is 13.0. The average molecular weight is 360 g/mol. The molecule has 0 atom stereocenters. The molecule has 1 aliphatic rings. The van der Waals surface area contributed by atoms with E-state index in [0.29, 0.717) is 37.7 Å². The molecule has 0 aromatic heterocycles. The molecule has 132 valence electrons. The van der Waals surface area contributed by atoms with Gasteiger partial charge in [-0.05, 0) is 43.3 Å². The fourth-order valence-electron chi connectivity index (χ4n) is 2.56. The van der Waals surface area contributed by atoms with Crippen LogP contribution in [0.5, 0.6) is 5.75 Å². The molecule has 0 unspecified atom stereocenters. The highest BCUT2D eigenvalue weighted by atomic mass is 32.2. The smallest absolute Gasteiger partial charge is 0.284 e. The molecule has 0 aliphatic carbocycles. The van der Waals surface area contributed by atoms with E-state index >= 15 is 0 Å². The summed E-state index contributed by atoms with van der Waals surface area (Å²) in [5.74, 6) is 0.482. The summed E-state index contributed by atoms with van der Waals surface area (Å²) in [5, 5.41) is 9.49. The number of morpholine rings is 1. The van der Waals surface area contributed by atoms with Crippen molar-refractivity contribution >= 4 is 15.9 Å². The van der Waals surface area contributed by atoms with Crippen molar-refractivity contribution in [3.05, 3.63) is 59.7 Å². The maximum Gasteiger partial charge on any atom is 0.284 e. The number of nitrogens with zero attached hydrogens (tertiary/aromatic N) is 2. The first-order valence-corrected chi connectivity index (χ1v) is 9.43. The van der Waals surface area contributed by atoms with Gasteiger partial charge in [-0.2, -0.15) is 8.42 Å². The largest absolute Gasteiger partial charge is 0.508 e. The normalized spacial score (nSPS) is 16.0. The number of aromatic hydroxyl groups is 1. The Morgan fingerprint density at radius 1 is 1.04 bits per heavy atom. The van der Waals surface area contributed by atoms with E-state index in [9.17, 15) is 13.5 Å². The third-order valence-electron chi connectivity index (χ3n) is 3.96. The average Bonchev–Trinajstić information content (AvgIpc) is 2.62. The Labute approximate surface area is 147 Å². The van der Waals surface area contributed by atoms with Gasteiger partial charge in [-0.15, -0.1) is 4.40 Å². The van der Waals surface area contributed by atoms with Crippen LogP contribution >= 0.6 is 0 Å². The number of benzene rings is 2. The molecule has 25 heavy (non-hydrogen) atoms. The fourth-order valence-corrected chi connectivity index (χ4v) is 3.59. The summed E-state index contributed by atoms with van der Waals surface area (Å²) in [5.41, 5.74) is 1.62. The lowest BCUT2D eigenvalue weighted by Crippen LogP contribution is -2.41. The van der Waals surface area contributed by atoms with Crippen LogP contribution in [-0.2, 0) is 14.8 Å². The standard InChI is InChI=1S/C18H20N2O4S/c1-14-2-8-17(9-3-14)25(22,23)19-18(20-10-12-24-13-11-20)15-4-6-16(21)7-5-15/h2-9,21H,10-13H2,1H3/b19-18+. The zero-order valence-electron chi connectivity index (χ0n) is 13.9. The first-order valence-electron chi connectivity index (χ1n) is 7.99. The Morgan fingerprint density at radius 2 is 1.64 bits per heavy atom. The van der Waals surface area contributed by atoms with Gasteiger partial charge >= 0.3 is 0 Å². The summed E-state index contributed by atoms with van der Waals surface area (Å²) in [6.07, 6.45) is 0. The van der Waals surface area contributed by atoms with Crippen LogP contribution in [0.2, 0.25) is 0 Å². The molecule has 1 fully saturated rings. The molecule has 1 heterocycles. The molecule has 2 aromatic carbocycles. The Kier molecular flexibility index (Phi) is 5.06. The van der Waals surface area contributed by atoms with Crippen molar-refractivity contribution in [1.29, 1.82) is 0 Å². The lowest BCUT2D eigenvalue weighted by atomic mass is 10.2. The van der Waals surface area contributed by atoms with E-state index in [2.05, 4.69) is 4.40 Å². The van der Waals surface area contributed by atoms with Crippen LogP contribution in [0.1, 0.15) is 11.1 Å². The molecule has 7 heteroatoms. The minimum Gasteiger partial charge on any atom is -0.508 e. The zero-order chi connectivity index (χ0) is 17.9. The Bertz CT molecular complexity index is 853. The van der Waals surface area contributed by atoms with Gasteiger partial charge in [0, 0.05) is 18.7 Å². The molecule has 3 rings (SSSR count). The second-order valence-electron chi connectivity index (χ2n) is 5.85. The number of hydrogen-bond acceptors (Lipinski definition) is 4. The minimum atomic E-state index is -3.84. The van der Waals surface area contributed by atoms with Crippen molar-refractivity contribution in [2.75, 3.05) is 26.3 Å². The Balaban J connectivity index is 2.04. The van der Waals surface area contributed by atoms with Crippen LogP contribution in [0.25, 0.3) is 0 Å². The molecular weight excluding hydrogens is 340 g/mol. The van der Waals surface area contributed by atoms with Crippen molar-refractivity contribution in [2.24, 2.45) is 4.40 Å². The molecular formula is C18H20N2O4S. The number of amidine groups is 1. The van der Waals surface area contributed by atoms with Crippen LogP contribution in [0, 0.1) is 6.92 Å². The number of aryl methyl sites for hydroxylation is 1. The van der Waals surface area contributed by atoms with Gasteiger partial charge in [-0.1, -0.05) is 17.7 Å². The Hall–Kier alpha value is -2.38. The van der Waals surface area contributed by atoms with Crippen LogP contribution in [-0.4, -0.2) is 50.6 Å². The predicted molar refractivity (Wildman–Crippen MR) is 95.4 cm³/mol. The third-order valence-corrected chi connectivity index (χ3v) is 5.24. The van der Waals surface area contributed by atoms with E-state index in [1.807, 2.05) is 11.8 Å². The predicted octanol–water partition coefficient (Wildman–Crippen LogP) is 2.17. The zero-order valence-corrected chi connectivity index (χ0v) is 14.7. The van der Waals surface area contributed by atoms with E-state index in [0.717, 1.165) is 5.56 Å². The summed E-state index contributed by atoms with van der Waals surface area (Å²) >= 11 is 0. The maximum atomic E-state index is 12.7. The number of phenols is 1. The van der Waals surface area contributed by atoms with Gasteiger partial charge in [-0.25, -0.2) is 0 Å². The molecule has 0 spiro atoms. The molecule has 0 bridgehead atoms. The molecule has 2 aromatic rings. The molecule has 0 radical (unpaired) electrons. The summed E-state index contributed by atoms with van der Waals surface area (Å²) < 4.78 is 34.9. The summed E-state index contributed by atoms with van der Waals surface area (Å²) in [4.78, 5) is 2.05. The molecule has 1 N–H and O–H groups in total. The van der Waals surface area contributed by atoms with E-state index in [1.54, 1.807) is 36.4 Å². The third kappa shape index (κ3) is 4.18. The number of phenolic OH excluding ortho intramolecular Hbond substituents is 1. The topological polar surface area (TPSA) is 79.2 Å². The molecule has 0 amide bonds. The lowest BCUT2D eigenvalue weighted by Gasteiger charge is -2.29. The van der Waals surface area contributed by atoms with Crippen LogP contribution in [0.4, 0.5) is 0 Å². The summed E-state index contributed by atoms with van der Waals surface area (Å²) in [6.45, 7) is 4.05. The van der Waals surface area contributed by atoms with Gasteiger partial charge in [0.25, 0.3) is 10.0 Å². The van der Waals surface area contributed by atoms with Gasteiger partial charge in [0.2, 0.25) is 0 Å². The van der Waals surface area contributed by atoms with Gasteiger partial charge in [-0.3, -0.25) is 0 Å². The van der Waals surface area contributed by atoms with Crippen molar-refractivity contribution in [3.63, 3.8) is 0 Å². The van der Waals surface area contributed by atoms with Crippen molar-refractivity contribution < 1.29 is 18.3 Å². The first-order chi connectivity index (χ1) is 12.0. The van der Waals surface area contributed by atoms with Gasteiger partial charge in [0.05, 0.1) is 18.1 Å². The van der Waals surface area contributed by atoms with Crippen LogP contribution < -0.4 is 0 Å². The second-order valence-corrected chi connectivity index (χ2v) is 7.45. The quantitative estimate of drug-likeness (QED) is 0.670. The molecule has 1 aliphatic heterocycles. The van der Waals surface area contributed by atoms with E-state index in [4.69, 9.17) is 4.74 Å². The number of rotatable bonds is 3. The number of hydrogen-bond donors (Lipinski definition) is 1. The van der Waals surface area contributed by atoms with Gasteiger partial charge in [0.1, 0.15) is 11.6 Å². The summed E-state index contributed by atoms with van der Waals surface area (Å²) in [7, 11) is -3.84. The van der Waals surface area contributed by atoms with Gasteiger partial charge in [0.15, 0.2) is 0 Å². The highest BCUT2D eigenvalue weighted by Gasteiger charge is 2.21. The highest BCUT2D eigenvalue weighted by Crippen LogP contribution is 2.18. The van der Waals surface area contributed by atoms with Gasteiger partial charge < -0.3 is 14.7 Å². The first kappa shape index (κ1) is 17.4. The van der Waals surface area contributed by atoms with Crippen molar-refractivity contribution in [1.82, 2.24) is 4.90 Å². The maximum absolute atomic E-state index is 12.7. The van der Waals surface area contributed by atoms with E-state index < -0.39 is 10.0 Å². The van der Waals surface area contributed by atoms with E-state index in [-0.39, 0.29) is 10.6 Å². The van der Waals surface area contributed by atoms with Crippen LogP contribution in [0.3, 0.4) is 0 Å². The lowest BCUT2D eigenvalue weighted by molar-refractivity contribution is 0.0683. The number of sulfonamides is 1. The van der Waals surface area contributed by atoms with Crippen molar-refractivity contribution in [3.8, 4) is 5.75 Å². The minimum absolute atomic E-state index is 0.117. The highest BCUT2D eigenvalue weighted by molar-refractivity contribution is 7.90. The van der Waals surface area contributed by atoms with E-state index in [1.165, 1.54) is 12.1 Å². The molecule has 6 nitrogen and oxygen atoms in total. The molecule has 0 saturated carbocycles. The Morgan fingerprint density at radius 3 is 2.24 bits per heavy atom. The monoisotopic (exact) mass is 360 g/mol. The molecule has 1 saturated heterocycles. The van der Waals surface area contributed by atoms with Crippen LogP contribution in [0.15, 0.2) is 57.8 Å². The van der Waals surface area contributed by atoms with Crippen molar-refractivity contribution in [2.45, 2.75) is 11.8 Å². The second kappa shape index (κ2) is 7.25. The number of ether oxygens (including phenoxy) is 1. The SMILES string of the molecule is Cc1ccc(S(=O)(=O)/N=C(\c2ccc(O)cc2)N2CCOCC2)cc1. The fraction of sp³-hybridized carbons (Fsp3) is 0.278.